The van der Waals surface area contributed by atoms with Crippen LogP contribution in [0.5, 0.6) is 17.2 Å². The van der Waals surface area contributed by atoms with Crippen molar-refractivity contribution in [2.75, 3.05) is 6.61 Å². The maximum Gasteiger partial charge on any atom is 0.251 e. The standard InChI is InChI=1S/C22H24N2O5S/c1-14(2)30(27)20-6-4-17(5-7-20)29-19-11-16(22-23-9-8-21(26)24-22)10-18(12-19)28-15(3)13-25/h4-12,14-15,25H,13H2,1-3H3,(H,23,24,26). The Bertz CT molecular complexity index is 1080. The first-order valence-corrected chi connectivity index (χ1v) is 10.7. The number of nitrogens with one attached hydrogen (secondary N) is 1. The molecule has 2 unspecified atom stereocenters. The molecule has 2 atom stereocenters. The number of nitrogens with zero attached hydrogens (tertiary/aromatic N) is 1. The van der Waals surface area contributed by atoms with Crippen molar-refractivity contribution >= 4 is 10.8 Å². The molecule has 158 valence electrons. The highest BCUT2D eigenvalue weighted by Gasteiger charge is 2.12. The van der Waals surface area contributed by atoms with Crippen molar-refractivity contribution in [1.29, 1.82) is 0 Å². The average molecular weight is 429 g/mol. The Morgan fingerprint density at radius 3 is 2.37 bits per heavy atom. The minimum atomic E-state index is -1.07. The summed E-state index contributed by atoms with van der Waals surface area (Å²) in [6.07, 6.45) is 1.01. The van der Waals surface area contributed by atoms with E-state index in [9.17, 15) is 14.1 Å². The van der Waals surface area contributed by atoms with E-state index in [2.05, 4.69) is 9.97 Å². The zero-order valence-corrected chi connectivity index (χ0v) is 17.8. The lowest BCUT2D eigenvalue weighted by Gasteiger charge is -2.15. The number of aromatic amines is 1. The third-order valence-corrected chi connectivity index (χ3v) is 5.73. The average Bonchev–Trinajstić information content (AvgIpc) is 2.73. The first-order valence-electron chi connectivity index (χ1n) is 9.52. The van der Waals surface area contributed by atoms with Gasteiger partial charge in [-0.25, -0.2) is 4.98 Å². The van der Waals surface area contributed by atoms with E-state index < -0.39 is 16.9 Å². The van der Waals surface area contributed by atoms with Gasteiger partial charge in [0.1, 0.15) is 29.2 Å². The smallest absolute Gasteiger partial charge is 0.251 e. The quantitative estimate of drug-likeness (QED) is 0.569. The van der Waals surface area contributed by atoms with Crippen LogP contribution in [-0.2, 0) is 10.8 Å². The Kier molecular flexibility index (Phi) is 7.02. The molecule has 0 bridgehead atoms. The molecule has 0 fully saturated rings. The van der Waals surface area contributed by atoms with Gasteiger partial charge in [-0.05, 0) is 43.3 Å². The van der Waals surface area contributed by atoms with Crippen LogP contribution in [0.3, 0.4) is 0 Å². The Morgan fingerprint density at radius 1 is 1.03 bits per heavy atom. The minimum Gasteiger partial charge on any atom is -0.488 e. The lowest BCUT2D eigenvalue weighted by molar-refractivity contribution is 0.129. The number of H-pyrrole nitrogens is 1. The van der Waals surface area contributed by atoms with E-state index in [1.165, 1.54) is 12.3 Å². The highest BCUT2D eigenvalue weighted by molar-refractivity contribution is 7.85. The summed E-state index contributed by atoms with van der Waals surface area (Å²) in [6.45, 7) is 5.41. The van der Waals surface area contributed by atoms with Gasteiger partial charge in [0.15, 0.2) is 0 Å². The van der Waals surface area contributed by atoms with Crippen LogP contribution in [0.15, 0.2) is 64.4 Å². The topological polar surface area (TPSA) is 102 Å². The van der Waals surface area contributed by atoms with E-state index in [0.717, 1.165) is 4.90 Å². The monoisotopic (exact) mass is 428 g/mol. The van der Waals surface area contributed by atoms with Gasteiger partial charge in [0, 0.05) is 34.0 Å². The predicted octanol–water partition coefficient (Wildman–Crippen LogP) is 3.50. The minimum absolute atomic E-state index is 0.0298. The number of aliphatic hydroxyl groups excluding tert-OH is 1. The molecular formula is C22H24N2O5S. The summed E-state index contributed by atoms with van der Waals surface area (Å²) in [7, 11) is -1.07. The lowest BCUT2D eigenvalue weighted by atomic mass is 10.2. The zero-order chi connectivity index (χ0) is 21.7. The fourth-order valence-corrected chi connectivity index (χ4v) is 3.62. The number of aromatic nitrogens is 2. The summed E-state index contributed by atoms with van der Waals surface area (Å²) in [4.78, 5) is 19.3. The van der Waals surface area contributed by atoms with Crippen LogP contribution in [0.25, 0.3) is 11.4 Å². The zero-order valence-electron chi connectivity index (χ0n) is 17.0. The normalized spacial score (nSPS) is 13.1. The van der Waals surface area contributed by atoms with Gasteiger partial charge in [0.05, 0.1) is 17.4 Å². The fraction of sp³-hybridized carbons (Fsp3) is 0.273. The second-order valence-corrected chi connectivity index (χ2v) is 9.02. The van der Waals surface area contributed by atoms with E-state index in [1.54, 1.807) is 49.4 Å². The van der Waals surface area contributed by atoms with Crippen LogP contribution in [-0.4, -0.2) is 37.2 Å². The van der Waals surface area contributed by atoms with Gasteiger partial charge in [-0.2, -0.15) is 0 Å². The lowest BCUT2D eigenvalue weighted by Crippen LogP contribution is -2.16. The predicted molar refractivity (Wildman–Crippen MR) is 116 cm³/mol. The molecule has 0 aliphatic rings. The molecule has 0 spiro atoms. The van der Waals surface area contributed by atoms with Crippen LogP contribution < -0.4 is 15.0 Å². The number of ether oxygens (including phenoxy) is 2. The van der Waals surface area contributed by atoms with Crippen molar-refractivity contribution < 1.29 is 18.8 Å². The van der Waals surface area contributed by atoms with E-state index in [4.69, 9.17) is 9.47 Å². The SMILES string of the molecule is CC(CO)Oc1cc(Oc2ccc(S(=O)C(C)C)cc2)cc(-c2nccc(=O)[nH]2)c1. The molecule has 2 aromatic carbocycles. The summed E-state index contributed by atoms with van der Waals surface area (Å²) in [6, 6.07) is 13.5. The molecule has 2 N–H and O–H groups in total. The third kappa shape index (κ3) is 5.55. The summed E-state index contributed by atoms with van der Waals surface area (Å²) in [5.41, 5.74) is 0.328. The van der Waals surface area contributed by atoms with Gasteiger partial charge < -0.3 is 19.6 Å². The van der Waals surface area contributed by atoms with Crippen LogP contribution in [0, 0.1) is 0 Å². The molecule has 0 radical (unpaired) electrons. The first kappa shape index (κ1) is 21.7. The van der Waals surface area contributed by atoms with Crippen LogP contribution in [0.2, 0.25) is 0 Å². The second-order valence-electron chi connectivity index (χ2n) is 7.01. The van der Waals surface area contributed by atoms with Gasteiger partial charge >= 0.3 is 0 Å². The van der Waals surface area contributed by atoms with Crippen molar-refractivity contribution in [2.24, 2.45) is 0 Å². The van der Waals surface area contributed by atoms with E-state index in [0.29, 0.717) is 28.6 Å². The van der Waals surface area contributed by atoms with Gasteiger partial charge in [-0.15, -0.1) is 0 Å². The first-order chi connectivity index (χ1) is 14.4. The maximum atomic E-state index is 12.2. The van der Waals surface area contributed by atoms with E-state index in [1.807, 2.05) is 13.8 Å². The molecular weight excluding hydrogens is 404 g/mol. The van der Waals surface area contributed by atoms with E-state index in [-0.39, 0.29) is 17.4 Å². The van der Waals surface area contributed by atoms with Crippen molar-refractivity contribution in [3.8, 4) is 28.6 Å². The van der Waals surface area contributed by atoms with Crippen LogP contribution in [0.4, 0.5) is 0 Å². The molecule has 0 saturated carbocycles. The summed E-state index contributed by atoms with van der Waals surface area (Å²) in [5, 5.41) is 9.32. The molecule has 8 heteroatoms. The number of hydrogen-bond acceptors (Lipinski definition) is 6. The van der Waals surface area contributed by atoms with Gasteiger partial charge in [0.25, 0.3) is 5.56 Å². The molecule has 3 aromatic rings. The number of hydrogen-bond donors (Lipinski definition) is 2. The molecule has 3 rings (SSSR count). The Labute approximate surface area is 177 Å². The van der Waals surface area contributed by atoms with Gasteiger partial charge in [-0.3, -0.25) is 9.00 Å². The molecule has 7 nitrogen and oxygen atoms in total. The Morgan fingerprint density at radius 2 is 1.73 bits per heavy atom. The van der Waals surface area contributed by atoms with Crippen molar-refractivity contribution in [1.82, 2.24) is 9.97 Å². The highest BCUT2D eigenvalue weighted by atomic mass is 32.2. The summed E-state index contributed by atoms with van der Waals surface area (Å²) < 4.78 is 23.9. The molecule has 30 heavy (non-hydrogen) atoms. The molecule has 0 saturated heterocycles. The van der Waals surface area contributed by atoms with Crippen molar-refractivity contribution in [3.05, 3.63) is 65.1 Å². The molecule has 0 amide bonds. The van der Waals surface area contributed by atoms with Crippen molar-refractivity contribution in [3.63, 3.8) is 0 Å². The Hall–Kier alpha value is -2.97. The number of benzene rings is 2. The van der Waals surface area contributed by atoms with Crippen molar-refractivity contribution in [2.45, 2.75) is 37.0 Å². The number of aliphatic hydroxyl groups is 1. The largest absolute Gasteiger partial charge is 0.488 e. The second kappa shape index (κ2) is 9.69. The Balaban J connectivity index is 1.93. The van der Waals surface area contributed by atoms with E-state index >= 15 is 0 Å². The number of rotatable bonds is 8. The molecule has 1 heterocycles. The maximum absolute atomic E-state index is 12.2. The van der Waals surface area contributed by atoms with Crippen LogP contribution >= 0.6 is 0 Å². The highest BCUT2D eigenvalue weighted by Crippen LogP contribution is 2.32. The van der Waals surface area contributed by atoms with Gasteiger partial charge in [-0.1, -0.05) is 13.8 Å². The molecule has 0 aliphatic heterocycles. The fourth-order valence-electron chi connectivity index (χ4n) is 2.67. The third-order valence-electron chi connectivity index (χ3n) is 4.14. The van der Waals surface area contributed by atoms with Crippen LogP contribution in [0.1, 0.15) is 20.8 Å². The van der Waals surface area contributed by atoms with Gasteiger partial charge in [0.2, 0.25) is 0 Å². The summed E-state index contributed by atoms with van der Waals surface area (Å²) in [5.74, 6) is 1.87. The molecule has 0 aliphatic carbocycles. The molecule has 1 aromatic heterocycles. The summed E-state index contributed by atoms with van der Waals surface area (Å²) >= 11 is 0.